The molecule has 0 aromatic heterocycles. The van der Waals surface area contributed by atoms with E-state index in [1.165, 1.54) is 6.07 Å². The zero-order chi connectivity index (χ0) is 13.3. The maximum atomic E-state index is 12.9. The lowest BCUT2D eigenvalue weighted by Gasteiger charge is -2.23. The highest BCUT2D eigenvalue weighted by atomic mass is 19.4. The van der Waals surface area contributed by atoms with Gasteiger partial charge < -0.3 is 10.1 Å². The average Bonchev–Trinajstić information content (AvgIpc) is 2.35. The standard InChI is InChI=1S/C12H12F3NO2/c1-18-11(17)8-5-7-3-2-4-16-10(7)9(6-8)12(13,14)15/h5-6,16H,2-4H2,1H3. The van der Waals surface area contributed by atoms with Crippen molar-refractivity contribution in [2.24, 2.45) is 0 Å². The number of fused-ring (bicyclic) bond motifs is 1. The fourth-order valence-electron chi connectivity index (χ4n) is 2.06. The molecule has 1 aromatic rings. The molecule has 0 bridgehead atoms. The third-order valence-electron chi connectivity index (χ3n) is 2.87. The van der Waals surface area contributed by atoms with Gasteiger partial charge in [0.15, 0.2) is 0 Å². The summed E-state index contributed by atoms with van der Waals surface area (Å²) in [5, 5.41) is 2.75. The lowest BCUT2D eigenvalue weighted by atomic mass is 9.96. The summed E-state index contributed by atoms with van der Waals surface area (Å²) in [5.41, 5.74) is -0.273. The van der Waals surface area contributed by atoms with Crippen LogP contribution in [-0.2, 0) is 17.3 Å². The third-order valence-corrected chi connectivity index (χ3v) is 2.87. The normalized spacial score (nSPS) is 14.7. The van der Waals surface area contributed by atoms with E-state index in [0.717, 1.165) is 19.6 Å². The number of anilines is 1. The number of aryl methyl sites for hydroxylation is 1. The molecule has 1 aliphatic rings. The summed E-state index contributed by atoms with van der Waals surface area (Å²) < 4.78 is 43.3. The minimum Gasteiger partial charge on any atom is -0.465 e. The number of benzene rings is 1. The van der Waals surface area contributed by atoms with Crippen LogP contribution in [-0.4, -0.2) is 19.6 Å². The number of nitrogens with one attached hydrogen (secondary N) is 1. The second kappa shape index (κ2) is 4.51. The zero-order valence-electron chi connectivity index (χ0n) is 9.73. The van der Waals surface area contributed by atoms with E-state index in [4.69, 9.17) is 0 Å². The summed E-state index contributed by atoms with van der Waals surface area (Å²) in [5.74, 6) is -0.756. The molecule has 2 rings (SSSR count). The van der Waals surface area contributed by atoms with E-state index in [2.05, 4.69) is 10.1 Å². The van der Waals surface area contributed by atoms with E-state index >= 15 is 0 Å². The smallest absolute Gasteiger partial charge is 0.418 e. The molecule has 3 nitrogen and oxygen atoms in total. The van der Waals surface area contributed by atoms with Crippen molar-refractivity contribution < 1.29 is 22.7 Å². The molecule has 6 heteroatoms. The summed E-state index contributed by atoms with van der Waals surface area (Å²) in [6, 6.07) is 2.30. The van der Waals surface area contributed by atoms with Gasteiger partial charge in [0.25, 0.3) is 0 Å². The van der Waals surface area contributed by atoms with Gasteiger partial charge in [-0.2, -0.15) is 13.2 Å². The van der Waals surface area contributed by atoms with Gasteiger partial charge in [-0.05, 0) is 30.5 Å². The Morgan fingerprint density at radius 3 is 2.72 bits per heavy atom. The number of esters is 1. The Labute approximate surface area is 102 Å². The molecule has 0 atom stereocenters. The van der Waals surface area contributed by atoms with Crippen molar-refractivity contribution in [2.45, 2.75) is 19.0 Å². The zero-order valence-corrected chi connectivity index (χ0v) is 9.73. The van der Waals surface area contributed by atoms with E-state index in [1.807, 2.05) is 0 Å². The van der Waals surface area contributed by atoms with Gasteiger partial charge in [0.2, 0.25) is 0 Å². The highest BCUT2D eigenvalue weighted by Gasteiger charge is 2.36. The molecule has 1 aliphatic heterocycles. The molecule has 0 amide bonds. The van der Waals surface area contributed by atoms with Gasteiger partial charge in [-0.1, -0.05) is 0 Å². The molecule has 18 heavy (non-hydrogen) atoms. The first-order chi connectivity index (χ1) is 8.43. The highest BCUT2D eigenvalue weighted by molar-refractivity contribution is 5.91. The van der Waals surface area contributed by atoms with Gasteiger partial charge in [0, 0.05) is 12.2 Å². The fourth-order valence-corrected chi connectivity index (χ4v) is 2.06. The maximum absolute atomic E-state index is 12.9. The first-order valence-electron chi connectivity index (χ1n) is 5.50. The van der Waals surface area contributed by atoms with Crippen molar-refractivity contribution in [1.82, 2.24) is 0 Å². The third kappa shape index (κ3) is 2.27. The highest BCUT2D eigenvalue weighted by Crippen LogP contribution is 2.39. The maximum Gasteiger partial charge on any atom is 0.418 e. The Morgan fingerprint density at radius 1 is 1.39 bits per heavy atom. The summed E-state index contributed by atoms with van der Waals surface area (Å²) in [4.78, 5) is 11.4. The lowest BCUT2D eigenvalue weighted by molar-refractivity contribution is -0.137. The van der Waals surface area contributed by atoms with Crippen molar-refractivity contribution in [3.05, 3.63) is 28.8 Å². The predicted octanol–water partition coefficient (Wildman–Crippen LogP) is 2.85. The van der Waals surface area contributed by atoms with Crippen LogP contribution in [0.4, 0.5) is 18.9 Å². The van der Waals surface area contributed by atoms with Crippen molar-refractivity contribution in [1.29, 1.82) is 0 Å². The second-order valence-electron chi connectivity index (χ2n) is 4.08. The van der Waals surface area contributed by atoms with E-state index < -0.39 is 17.7 Å². The van der Waals surface area contributed by atoms with E-state index in [-0.39, 0.29) is 11.3 Å². The molecule has 98 valence electrons. The second-order valence-corrected chi connectivity index (χ2v) is 4.08. The van der Waals surface area contributed by atoms with Crippen LogP contribution in [0.2, 0.25) is 0 Å². The number of rotatable bonds is 1. The van der Waals surface area contributed by atoms with Gasteiger partial charge in [-0.15, -0.1) is 0 Å². The molecule has 1 aromatic carbocycles. The molecule has 0 saturated carbocycles. The van der Waals surface area contributed by atoms with Crippen molar-refractivity contribution in [3.63, 3.8) is 0 Å². The number of ether oxygens (including phenoxy) is 1. The molecular formula is C12H12F3NO2. The van der Waals surface area contributed by atoms with Crippen LogP contribution in [0.5, 0.6) is 0 Å². The van der Waals surface area contributed by atoms with Crippen LogP contribution in [0.3, 0.4) is 0 Å². The molecule has 0 aliphatic carbocycles. The van der Waals surface area contributed by atoms with Gasteiger partial charge in [0.05, 0.1) is 18.2 Å². The largest absolute Gasteiger partial charge is 0.465 e. The van der Waals surface area contributed by atoms with Crippen LogP contribution >= 0.6 is 0 Å². The number of halogens is 3. The summed E-state index contributed by atoms with van der Waals surface area (Å²) in [6.45, 7) is 0.508. The van der Waals surface area contributed by atoms with Gasteiger partial charge in [-0.25, -0.2) is 4.79 Å². The molecule has 0 saturated heterocycles. The van der Waals surface area contributed by atoms with Crippen LogP contribution in [0.15, 0.2) is 12.1 Å². The minimum atomic E-state index is -4.49. The van der Waals surface area contributed by atoms with E-state index in [1.54, 1.807) is 0 Å². The summed E-state index contributed by atoms with van der Waals surface area (Å²) in [6.07, 6.45) is -3.22. The van der Waals surface area contributed by atoms with Crippen LogP contribution < -0.4 is 5.32 Å². The number of alkyl halides is 3. The molecule has 1 heterocycles. The van der Waals surface area contributed by atoms with Crippen molar-refractivity contribution >= 4 is 11.7 Å². The van der Waals surface area contributed by atoms with Gasteiger partial charge in [0.1, 0.15) is 0 Å². The van der Waals surface area contributed by atoms with Gasteiger partial charge >= 0.3 is 12.1 Å². The minimum absolute atomic E-state index is 0.0627. The molecule has 0 unspecified atom stereocenters. The Kier molecular flexibility index (Phi) is 3.19. The molecule has 0 radical (unpaired) electrons. The van der Waals surface area contributed by atoms with Crippen molar-refractivity contribution in [3.8, 4) is 0 Å². The van der Waals surface area contributed by atoms with Crippen molar-refractivity contribution in [2.75, 3.05) is 19.0 Å². The monoisotopic (exact) mass is 259 g/mol. The van der Waals surface area contributed by atoms with Gasteiger partial charge in [-0.3, -0.25) is 0 Å². The van der Waals surface area contributed by atoms with E-state index in [0.29, 0.717) is 18.5 Å². The summed E-state index contributed by atoms with van der Waals surface area (Å²) in [7, 11) is 1.15. The first-order valence-corrected chi connectivity index (χ1v) is 5.50. The lowest BCUT2D eigenvalue weighted by Crippen LogP contribution is -2.19. The van der Waals surface area contributed by atoms with Crippen LogP contribution in [0.25, 0.3) is 0 Å². The summed E-state index contributed by atoms with van der Waals surface area (Å²) >= 11 is 0. The Balaban J connectivity index is 2.58. The fraction of sp³-hybridized carbons (Fsp3) is 0.417. The Morgan fingerprint density at radius 2 is 2.11 bits per heavy atom. The number of methoxy groups -OCH3 is 1. The number of hydrogen-bond acceptors (Lipinski definition) is 3. The Hall–Kier alpha value is -1.72. The van der Waals surface area contributed by atoms with E-state index in [9.17, 15) is 18.0 Å². The molecule has 1 N–H and O–H groups in total. The van der Waals surface area contributed by atoms with Crippen LogP contribution in [0.1, 0.15) is 27.9 Å². The molecule has 0 fully saturated rings. The predicted molar refractivity (Wildman–Crippen MR) is 59.6 cm³/mol. The van der Waals surface area contributed by atoms with Crippen LogP contribution in [0, 0.1) is 0 Å². The topological polar surface area (TPSA) is 38.3 Å². The SMILES string of the molecule is COC(=O)c1cc2c(c(C(F)(F)F)c1)NCCC2. The first kappa shape index (κ1) is 12.7. The number of hydrogen-bond donors (Lipinski definition) is 1. The molecular weight excluding hydrogens is 247 g/mol. The average molecular weight is 259 g/mol. The Bertz CT molecular complexity index is 483. The number of carbonyl (C=O) groups excluding carboxylic acids is 1. The quantitative estimate of drug-likeness (QED) is 0.788. The number of carbonyl (C=O) groups is 1. The molecule has 0 spiro atoms.